The zero-order valence-electron chi connectivity index (χ0n) is 33.9. The molecule has 288 valence electrons. The molecule has 0 aliphatic carbocycles. The molecule has 10 rings (SSSR count). The van der Waals surface area contributed by atoms with Crippen molar-refractivity contribution < 1.29 is 4.74 Å². The largest absolute Gasteiger partial charge is 0.497 e. The van der Waals surface area contributed by atoms with Crippen LogP contribution >= 0.6 is 0 Å². The van der Waals surface area contributed by atoms with E-state index in [0.717, 1.165) is 17.0 Å². The molecule has 0 bridgehead atoms. The van der Waals surface area contributed by atoms with E-state index in [4.69, 9.17) is 4.74 Å². The van der Waals surface area contributed by atoms with Gasteiger partial charge in [0.2, 0.25) is 0 Å². The van der Waals surface area contributed by atoms with E-state index < -0.39 is 16.1 Å². The first-order valence-corrected chi connectivity index (χ1v) is 24.7. The normalized spacial score (nSPS) is 11.8. The van der Waals surface area contributed by atoms with Gasteiger partial charge in [-0.3, -0.25) is 0 Å². The van der Waals surface area contributed by atoms with Crippen LogP contribution in [0.1, 0.15) is 5.56 Å². The Bertz CT molecular complexity index is 2680. The van der Waals surface area contributed by atoms with Gasteiger partial charge < -0.3 is 9.30 Å². The van der Waals surface area contributed by atoms with Crippen LogP contribution in [0.5, 0.6) is 5.75 Å². The zero-order chi connectivity index (χ0) is 40.5. The molecule has 9 aromatic carbocycles. The maximum absolute atomic E-state index is 5.88. The highest BCUT2D eigenvalue weighted by molar-refractivity contribution is 7.20. The summed E-state index contributed by atoms with van der Waals surface area (Å²) in [5.41, 5.74) is 4.58. The van der Waals surface area contributed by atoms with Crippen molar-refractivity contribution in [3.05, 3.63) is 242 Å². The van der Waals surface area contributed by atoms with Gasteiger partial charge in [-0.25, -0.2) is 0 Å². The molecule has 60 heavy (non-hydrogen) atoms. The highest BCUT2D eigenvalue weighted by Crippen LogP contribution is 2.34. The zero-order valence-corrected chi connectivity index (χ0v) is 35.9. The average Bonchev–Trinajstić information content (AvgIpc) is 3.65. The molecule has 0 aliphatic rings. The standard InChI is InChI=1S/C56H45NOSi2/c1-42-37-43(39-44(38-42)58-2)57-55-35-33-51(59(45-21-9-3-10-22-45,46-23-11-4-12-24-46)47-25-13-5-14-26-47)40-53(55)54-41-52(34-36-56(54)57)60(48-27-15-6-16-28-48,49-29-17-7-18-30-49)50-31-19-8-20-32-50/h3-41H,1-2H3. The van der Waals surface area contributed by atoms with Crippen molar-refractivity contribution in [2.45, 2.75) is 6.92 Å². The van der Waals surface area contributed by atoms with Crippen molar-refractivity contribution in [3.63, 3.8) is 0 Å². The third-order valence-corrected chi connectivity index (χ3v) is 22.0. The number of aromatic nitrogens is 1. The molecule has 1 aromatic heterocycles. The van der Waals surface area contributed by atoms with Crippen LogP contribution in [0.25, 0.3) is 27.5 Å². The first kappa shape index (κ1) is 37.3. The fraction of sp³-hybridized carbons (Fsp3) is 0.0357. The molecule has 4 heteroatoms. The Kier molecular flexibility index (Phi) is 9.73. The number of methoxy groups -OCH3 is 1. The van der Waals surface area contributed by atoms with Crippen molar-refractivity contribution in [2.24, 2.45) is 0 Å². The third kappa shape index (κ3) is 6.07. The van der Waals surface area contributed by atoms with Gasteiger partial charge >= 0.3 is 0 Å². The Morgan fingerprint density at radius 1 is 0.333 bits per heavy atom. The number of aryl methyl sites for hydroxylation is 1. The number of fused-ring (bicyclic) bond motifs is 3. The number of rotatable bonds is 10. The number of nitrogens with zero attached hydrogens (tertiary/aromatic N) is 1. The van der Waals surface area contributed by atoms with Gasteiger partial charge in [0, 0.05) is 16.8 Å². The number of hydrogen-bond acceptors (Lipinski definition) is 1. The van der Waals surface area contributed by atoms with Crippen LogP contribution < -0.4 is 46.2 Å². The Morgan fingerprint density at radius 2 is 0.650 bits per heavy atom. The van der Waals surface area contributed by atoms with Crippen LogP contribution in [0.15, 0.2) is 237 Å². The lowest BCUT2D eigenvalue weighted by atomic mass is 10.1. The molecule has 0 radical (unpaired) electrons. The van der Waals surface area contributed by atoms with Gasteiger partial charge in [0.25, 0.3) is 0 Å². The van der Waals surface area contributed by atoms with E-state index >= 15 is 0 Å². The van der Waals surface area contributed by atoms with Gasteiger partial charge in [0.05, 0.1) is 23.8 Å². The highest BCUT2D eigenvalue weighted by atomic mass is 28.3. The van der Waals surface area contributed by atoms with Crippen molar-refractivity contribution in [2.75, 3.05) is 7.11 Å². The molecule has 0 saturated carbocycles. The molecule has 0 fully saturated rings. The summed E-state index contributed by atoms with van der Waals surface area (Å²) < 4.78 is 8.32. The summed E-state index contributed by atoms with van der Waals surface area (Å²) in [5.74, 6) is 0.848. The van der Waals surface area contributed by atoms with Crippen LogP contribution in [-0.4, -0.2) is 27.8 Å². The molecule has 0 spiro atoms. The summed E-state index contributed by atoms with van der Waals surface area (Å²) in [6.45, 7) is 2.15. The molecule has 2 nitrogen and oxygen atoms in total. The SMILES string of the molecule is COc1cc(C)cc(-n2c3ccc([Si](c4ccccc4)(c4ccccc4)c4ccccc4)cc3c3cc([Si](c4ccccc4)(c4ccccc4)c4ccccc4)ccc32)c1. The molecule has 0 amide bonds. The van der Waals surface area contributed by atoms with Gasteiger partial charge in [-0.2, -0.15) is 0 Å². The van der Waals surface area contributed by atoms with E-state index in [1.54, 1.807) is 7.11 Å². The molecular formula is C56H45NOSi2. The van der Waals surface area contributed by atoms with Crippen LogP contribution in [0.3, 0.4) is 0 Å². The summed E-state index contributed by atoms with van der Waals surface area (Å²) in [6.07, 6.45) is 0. The topological polar surface area (TPSA) is 14.2 Å². The average molecular weight is 804 g/mol. The highest BCUT2D eigenvalue weighted by Gasteiger charge is 2.43. The van der Waals surface area contributed by atoms with E-state index in [2.05, 4.69) is 248 Å². The summed E-state index contributed by atoms with van der Waals surface area (Å²) in [6, 6.07) is 88.6. The maximum Gasteiger partial charge on any atom is 0.179 e. The minimum Gasteiger partial charge on any atom is -0.497 e. The van der Waals surface area contributed by atoms with Gasteiger partial charge in [-0.15, -0.1) is 0 Å². The number of hydrogen-bond donors (Lipinski definition) is 0. The Morgan fingerprint density at radius 3 is 0.950 bits per heavy atom. The molecule has 0 N–H and O–H groups in total. The van der Waals surface area contributed by atoms with Gasteiger partial charge in [0.1, 0.15) is 5.75 Å². The Balaban J connectivity index is 1.35. The second-order valence-corrected chi connectivity index (χ2v) is 23.3. The van der Waals surface area contributed by atoms with Gasteiger partial charge in [-0.05, 0) is 78.2 Å². The summed E-state index contributed by atoms with van der Waals surface area (Å²) in [5, 5.41) is 13.3. The van der Waals surface area contributed by atoms with E-state index in [0.29, 0.717) is 0 Å². The van der Waals surface area contributed by atoms with Crippen molar-refractivity contribution in [1.29, 1.82) is 0 Å². The molecule has 0 saturated heterocycles. The van der Waals surface area contributed by atoms with E-state index in [9.17, 15) is 0 Å². The number of benzene rings is 9. The minimum atomic E-state index is -2.83. The fourth-order valence-corrected chi connectivity index (χ4v) is 19.4. The van der Waals surface area contributed by atoms with E-state index in [1.165, 1.54) is 63.3 Å². The first-order valence-electron chi connectivity index (χ1n) is 20.7. The predicted molar refractivity (Wildman–Crippen MR) is 259 cm³/mol. The van der Waals surface area contributed by atoms with Gasteiger partial charge in [-0.1, -0.05) is 206 Å². The maximum atomic E-state index is 5.88. The third-order valence-electron chi connectivity index (χ3n) is 12.4. The molecule has 0 aliphatic heterocycles. The Labute approximate surface area is 354 Å². The lowest BCUT2D eigenvalue weighted by Crippen LogP contribution is -2.74. The lowest BCUT2D eigenvalue weighted by molar-refractivity contribution is 0.414. The quantitative estimate of drug-likeness (QED) is 0.102. The lowest BCUT2D eigenvalue weighted by Gasteiger charge is -2.34. The van der Waals surface area contributed by atoms with Crippen molar-refractivity contribution in [1.82, 2.24) is 4.57 Å². The van der Waals surface area contributed by atoms with Crippen molar-refractivity contribution in [3.8, 4) is 11.4 Å². The van der Waals surface area contributed by atoms with Crippen molar-refractivity contribution >= 4 is 79.4 Å². The molecule has 1 heterocycles. The molecule has 0 unspecified atom stereocenters. The first-order chi connectivity index (χ1) is 29.6. The van der Waals surface area contributed by atoms with Crippen LogP contribution in [-0.2, 0) is 0 Å². The molecule has 0 atom stereocenters. The second kappa shape index (κ2) is 15.6. The van der Waals surface area contributed by atoms with Crippen LogP contribution in [0, 0.1) is 6.92 Å². The monoisotopic (exact) mass is 803 g/mol. The van der Waals surface area contributed by atoms with E-state index in [1.807, 2.05) is 0 Å². The van der Waals surface area contributed by atoms with E-state index in [-0.39, 0.29) is 0 Å². The minimum absolute atomic E-state index is 0.848. The van der Waals surface area contributed by atoms with Crippen LogP contribution in [0.2, 0.25) is 0 Å². The van der Waals surface area contributed by atoms with Gasteiger partial charge in [0.15, 0.2) is 16.1 Å². The second-order valence-electron chi connectivity index (χ2n) is 15.7. The smallest absolute Gasteiger partial charge is 0.179 e. The number of ether oxygens (including phenoxy) is 1. The molecular weight excluding hydrogens is 759 g/mol. The summed E-state index contributed by atoms with van der Waals surface area (Å²) in [4.78, 5) is 0. The predicted octanol–water partition coefficient (Wildman–Crippen LogP) is 7.86. The summed E-state index contributed by atoms with van der Waals surface area (Å²) >= 11 is 0. The Hall–Kier alpha value is -6.99. The van der Waals surface area contributed by atoms with Crippen LogP contribution in [0.4, 0.5) is 0 Å². The summed E-state index contributed by atoms with van der Waals surface area (Å²) in [7, 11) is -3.90. The molecule has 10 aromatic rings. The fourth-order valence-electron chi connectivity index (χ4n) is 9.87.